The first kappa shape index (κ1) is 14.1. The zero-order chi connectivity index (χ0) is 13.7. The molecule has 0 spiro atoms. The Bertz CT molecular complexity index is 541. The van der Waals surface area contributed by atoms with Crippen LogP contribution in [0, 0.1) is 0 Å². The van der Waals surface area contributed by atoms with Crippen LogP contribution in [0.15, 0.2) is 46.3 Å². The number of thiophene rings is 1. The van der Waals surface area contributed by atoms with Gasteiger partial charge in [0, 0.05) is 4.88 Å². The largest absolute Gasteiger partial charge is 0.445 e. The summed E-state index contributed by atoms with van der Waals surface area (Å²) in [5.74, 6) is 0. The molecule has 0 bridgehead atoms. The van der Waals surface area contributed by atoms with Gasteiger partial charge >= 0.3 is 6.09 Å². The molecule has 0 fully saturated rings. The first-order valence-electron chi connectivity index (χ1n) is 5.87. The number of amides is 1. The predicted octanol–water partition coefficient (Wildman–Crippen LogP) is 4.50. The number of alkyl carbamates (subject to hydrolysis) is 1. The highest BCUT2D eigenvalue weighted by Crippen LogP contribution is 2.27. The quantitative estimate of drug-likeness (QED) is 0.890. The van der Waals surface area contributed by atoms with Crippen molar-refractivity contribution in [3.8, 4) is 0 Å². The standard InChI is InChI=1S/C14H14BrNO2S/c1-10(12-7-8-13(15)19-12)16-14(17)18-9-11-5-3-2-4-6-11/h2-8,10H,9H2,1H3,(H,16,17). The number of carbonyl (C=O) groups is 1. The van der Waals surface area contributed by atoms with Crippen molar-refractivity contribution >= 4 is 33.4 Å². The van der Waals surface area contributed by atoms with Crippen LogP contribution in [-0.4, -0.2) is 6.09 Å². The van der Waals surface area contributed by atoms with Crippen LogP contribution in [0.2, 0.25) is 0 Å². The lowest BCUT2D eigenvalue weighted by Gasteiger charge is -2.12. The van der Waals surface area contributed by atoms with Gasteiger partial charge in [-0.05, 0) is 40.5 Å². The molecule has 100 valence electrons. The van der Waals surface area contributed by atoms with Crippen molar-refractivity contribution < 1.29 is 9.53 Å². The van der Waals surface area contributed by atoms with E-state index in [1.54, 1.807) is 11.3 Å². The van der Waals surface area contributed by atoms with Crippen LogP contribution in [0.3, 0.4) is 0 Å². The van der Waals surface area contributed by atoms with Gasteiger partial charge in [0.25, 0.3) is 0 Å². The maximum atomic E-state index is 11.7. The number of hydrogen-bond donors (Lipinski definition) is 1. The van der Waals surface area contributed by atoms with Gasteiger partial charge in [0.15, 0.2) is 0 Å². The van der Waals surface area contributed by atoms with Gasteiger partial charge in [-0.1, -0.05) is 30.3 Å². The third kappa shape index (κ3) is 4.36. The predicted molar refractivity (Wildman–Crippen MR) is 80.2 cm³/mol. The molecule has 0 saturated heterocycles. The minimum absolute atomic E-state index is 0.0560. The van der Waals surface area contributed by atoms with E-state index in [1.807, 2.05) is 49.4 Å². The molecule has 1 amide bonds. The Morgan fingerprint density at radius 3 is 2.68 bits per heavy atom. The molecule has 2 aromatic rings. The molecule has 0 aliphatic carbocycles. The summed E-state index contributed by atoms with van der Waals surface area (Å²) < 4.78 is 6.22. The molecule has 5 heteroatoms. The Labute approximate surface area is 124 Å². The highest BCUT2D eigenvalue weighted by atomic mass is 79.9. The summed E-state index contributed by atoms with van der Waals surface area (Å²) in [4.78, 5) is 12.8. The minimum atomic E-state index is -0.402. The highest BCUT2D eigenvalue weighted by molar-refractivity contribution is 9.11. The molecular formula is C14H14BrNO2S. The van der Waals surface area contributed by atoms with E-state index in [4.69, 9.17) is 4.74 Å². The second-order valence-electron chi connectivity index (χ2n) is 4.07. The molecule has 19 heavy (non-hydrogen) atoms. The van der Waals surface area contributed by atoms with Crippen LogP contribution in [0.5, 0.6) is 0 Å². The summed E-state index contributed by atoms with van der Waals surface area (Å²) >= 11 is 5.00. The summed E-state index contributed by atoms with van der Waals surface area (Å²) in [5, 5.41) is 2.81. The number of nitrogens with one attached hydrogen (secondary N) is 1. The highest BCUT2D eigenvalue weighted by Gasteiger charge is 2.12. The maximum Gasteiger partial charge on any atom is 0.407 e. The molecule has 2 rings (SSSR count). The third-order valence-electron chi connectivity index (χ3n) is 2.57. The fraction of sp³-hybridized carbons (Fsp3) is 0.214. The topological polar surface area (TPSA) is 38.3 Å². The number of halogens is 1. The summed E-state index contributed by atoms with van der Waals surface area (Å²) in [6.45, 7) is 2.22. The van der Waals surface area contributed by atoms with E-state index in [0.29, 0.717) is 0 Å². The van der Waals surface area contributed by atoms with Crippen molar-refractivity contribution in [2.75, 3.05) is 0 Å². The van der Waals surface area contributed by atoms with E-state index in [9.17, 15) is 4.79 Å². The van der Waals surface area contributed by atoms with Gasteiger partial charge in [0.2, 0.25) is 0 Å². The molecule has 1 N–H and O–H groups in total. The van der Waals surface area contributed by atoms with Crippen molar-refractivity contribution in [2.24, 2.45) is 0 Å². The number of rotatable bonds is 4. The van der Waals surface area contributed by atoms with E-state index in [1.165, 1.54) is 0 Å². The van der Waals surface area contributed by atoms with Gasteiger partial charge < -0.3 is 10.1 Å². The number of hydrogen-bond acceptors (Lipinski definition) is 3. The summed E-state index contributed by atoms with van der Waals surface area (Å²) in [7, 11) is 0. The van der Waals surface area contributed by atoms with Gasteiger partial charge in [-0.2, -0.15) is 0 Å². The van der Waals surface area contributed by atoms with Crippen molar-refractivity contribution in [1.29, 1.82) is 0 Å². The van der Waals surface area contributed by atoms with Crippen molar-refractivity contribution in [3.05, 3.63) is 56.7 Å². The molecule has 1 aromatic heterocycles. The summed E-state index contributed by atoms with van der Waals surface area (Å²) in [6.07, 6.45) is -0.402. The van der Waals surface area contributed by atoms with Gasteiger partial charge in [-0.15, -0.1) is 11.3 Å². The van der Waals surface area contributed by atoms with E-state index in [2.05, 4.69) is 21.2 Å². The Kier molecular flexibility index (Phi) is 4.99. The van der Waals surface area contributed by atoms with Crippen molar-refractivity contribution in [1.82, 2.24) is 5.32 Å². The van der Waals surface area contributed by atoms with E-state index >= 15 is 0 Å². The fourth-order valence-corrected chi connectivity index (χ4v) is 3.00. The van der Waals surface area contributed by atoms with Crippen LogP contribution in [0.4, 0.5) is 4.79 Å². The monoisotopic (exact) mass is 339 g/mol. The van der Waals surface area contributed by atoms with E-state index < -0.39 is 6.09 Å². The average Bonchev–Trinajstić information content (AvgIpc) is 2.84. The number of ether oxygens (including phenoxy) is 1. The fourth-order valence-electron chi connectivity index (χ4n) is 1.57. The Balaban J connectivity index is 1.81. The minimum Gasteiger partial charge on any atom is -0.445 e. The Morgan fingerprint density at radius 2 is 2.05 bits per heavy atom. The average molecular weight is 340 g/mol. The van der Waals surface area contributed by atoms with Crippen LogP contribution in [0.25, 0.3) is 0 Å². The molecule has 0 saturated carbocycles. The van der Waals surface area contributed by atoms with Gasteiger partial charge in [-0.3, -0.25) is 0 Å². The van der Waals surface area contributed by atoms with Crippen molar-refractivity contribution in [3.63, 3.8) is 0 Å². The molecule has 1 heterocycles. The Hall–Kier alpha value is -1.33. The van der Waals surface area contributed by atoms with E-state index in [0.717, 1.165) is 14.2 Å². The smallest absolute Gasteiger partial charge is 0.407 e. The zero-order valence-electron chi connectivity index (χ0n) is 10.4. The van der Waals surface area contributed by atoms with Crippen LogP contribution >= 0.6 is 27.3 Å². The maximum absolute atomic E-state index is 11.7. The second-order valence-corrected chi connectivity index (χ2v) is 6.56. The molecular weight excluding hydrogens is 326 g/mol. The van der Waals surface area contributed by atoms with Crippen LogP contribution in [-0.2, 0) is 11.3 Å². The van der Waals surface area contributed by atoms with Gasteiger partial charge in [0.1, 0.15) is 6.61 Å². The molecule has 0 aliphatic heterocycles. The van der Waals surface area contributed by atoms with Gasteiger partial charge in [0.05, 0.1) is 9.83 Å². The second kappa shape index (κ2) is 6.73. The molecule has 1 unspecified atom stereocenters. The SMILES string of the molecule is CC(NC(=O)OCc1ccccc1)c1ccc(Br)s1. The zero-order valence-corrected chi connectivity index (χ0v) is 12.8. The Morgan fingerprint density at radius 1 is 1.32 bits per heavy atom. The lowest BCUT2D eigenvalue weighted by atomic mass is 10.2. The van der Waals surface area contributed by atoms with E-state index in [-0.39, 0.29) is 12.6 Å². The third-order valence-corrected chi connectivity index (χ3v) is 4.37. The summed E-state index contributed by atoms with van der Waals surface area (Å²) in [5.41, 5.74) is 0.976. The van der Waals surface area contributed by atoms with Crippen LogP contribution < -0.4 is 5.32 Å². The first-order chi connectivity index (χ1) is 9.15. The molecule has 0 radical (unpaired) electrons. The van der Waals surface area contributed by atoms with Gasteiger partial charge in [-0.25, -0.2) is 4.79 Å². The van der Waals surface area contributed by atoms with Crippen molar-refractivity contribution in [2.45, 2.75) is 19.6 Å². The molecule has 1 atom stereocenters. The normalized spacial score (nSPS) is 11.9. The lowest BCUT2D eigenvalue weighted by Crippen LogP contribution is -2.26. The number of carbonyl (C=O) groups excluding carboxylic acids is 1. The first-order valence-corrected chi connectivity index (χ1v) is 7.48. The molecule has 0 aliphatic rings. The summed E-state index contributed by atoms with van der Waals surface area (Å²) in [6, 6.07) is 13.5. The van der Waals surface area contributed by atoms with Crippen LogP contribution in [0.1, 0.15) is 23.4 Å². The molecule has 3 nitrogen and oxygen atoms in total. The number of benzene rings is 1. The lowest BCUT2D eigenvalue weighted by molar-refractivity contribution is 0.136. The molecule has 1 aromatic carbocycles.